The molecule has 0 saturated carbocycles. The molecule has 1 aromatic carbocycles. The molecule has 3 heterocycles. The standard InChI is InChI=1S/C24H28N3O4/c1-18-12-21(31-17-23-25-8-3-9-26(23)2)14-24(28)27(18)15-20-6-4-19(5-7-20)13-22-16-29-10-11-30-22/h3-7,12,14,22H,9-11,13,15-17H2,1-2H3/q+1. The number of amidine groups is 1. The summed E-state index contributed by atoms with van der Waals surface area (Å²) in [7, 11) is 1.95. The lowest BCUT2D eigenvalue weighted by atomic mass is 10.1. The van der Waals surface area contributed by atoms with Gasteiger partial charge in [-0.2, -0.15) is 4.67 Å². The fourth-order valence-corrected chi connectivity index (χ4v) is 3.64. The van der Waals surface area contributed by atoms with Gasteiger partial charge in [0.05, 0.1) is 45.6 Å². The summed E-state index contributed by atoms with van der Waals surface area (Å²) in [5, 5.41) is 0. The number of aromatic nitrogens is 1. The van der Waals surface area contributed by atoms with Crippen molar-refractivity contribution in [2.45, 2.75) is 26.0 Å². The molecule has 0 radical (unpaired) electrons. The highest BCUT2D eigenvalue weighted by Gasteiger charge is 2.19. The minimum absolute atomic E-state index is 0.0859. The maximum absolute atomic E-state index is 12.7. The molecule has 7 heteroatoms. The Balaban J connectivity index is 1.39. The largest absolute Gasteiger partial charge is 0.479 e. The molecule has 4 rings (SSSR count). The van der Waals surface area contributed by atoms with E-state index in [1.165, 1.54) is 11.6 Å². The van der Waals surface area contributed by atoms with Crippen molar-refractivity contribution in [3.63, 3.8) is 0 Å². The van der Waals surface area contributed by atoms with Gasteiger partial charge in [0.15, 0.2) is 5.87 Å². The van der Waals surface area contributed by atoms with Gasteiger partial charge in [-0.25, -0.2) is 4.90 Å². The van der Waals surface area contributed by atoms with E-state index in [2.05, 4.69) is 34.8 Å². The fraction of sp³-hybridized carbons (Fsp3) is 0.417. The van der Waals surface area contributed by atoms with Gasteiger partial charge in [-0.3, -0.25) is 4.79 Å². The van der Waals surface area contributed by atoms with Crippen LogP contribution in [0.1, 0.15) is 16.8 Å². The second kappa shape index (κ2) is 9.82. The Morgan fingerprint density at radius 2 is 2.00 bits per heavy atom. The minimum atomic E-state index is -0.0859. The third-order valence-electron chi connectivity index (χ3n) is 5.48. The molecular weight excluding hydrogens is 394 g/mol. The number of pyridine rings is 1. The zero-order valence-corrected chi connectivity index (χ0v) is 18.0. The van der Waals surface area contributed by atoms with Gasteiger partial charge in [0, 0.05) is 18.2 Å². The van der Waals surface area contributed by atoms with Crippen LogP contribution in [0.3, 0.4) is 0 Å². The number of aryl methyl sites for hydroxylation is 1. The average Bonchev–Trinajstić information content (AvgIpc) is 2.77. The first-order valence-corrected chi connectivity index (χ1v) is 10.5. The van der Waals surface area contributed by atoms with Gasteiger partial charge in [0.2, 0.25) is 6.61 Å². The van der Waals surface area contributed by atoms with E-state index in [9.17, 15) is 4.79 Å². The molecule has 2 aliphatic rings. The second-order valence-electron chi connectivity index (χ2n) is 7.88. The molecular formula is C24H28N3O4+. The quantitative estimate of drug-likeness (QED) is 0.627. The zero-order chi connectivity index (χ0) is 21.6. The van der Waals surface area contributed by atoms with Crippen LogP contribution < -0.4 is 15.0 Å². The van der Waals surface area contributed by atoms with E-state index in [-0.39, 0.29) is 11.7 Å². The molecule has 1 unspecified atom stereocenters. The normalized spacial score (nSPS) is 18.2. The van der Waals surface area contributed by atoms with Crippen molar-refractivity contribution in [2.75, 3.05) is 40.0 Å². The summed E-state index contributed by atoms with van der Waals surface area (Å²) in [4.78, 5) is 14.7. The van der Waals surface area contributed by atoms with Crippen molar-refractivity contribution >= 4 is 11.7 Å². The summed E-state index contributed by atoms with van der Waals surface area (Å²) in [6, 6.07) is 11.7. The van der Waals surface area contributed by atoms with Crippen LogP contribution >= 0.6 is 0 Å². The lowest BCUT2D eigenvalue weighted by Crippen LogP contribution is -2.35. The fourth-order valence-electron chi connectivity index (χ4n) is 3.64. The summed E-state index contributed by atoms with van der Waals surface area (Å²) >= 11 is 0. The molecule has 2 aliphatic heterocycles. The molecule has 1 saturated heterocycles. The van der Waals surface area contributed by atoms with Crippen molar-refractivity contribution in [1.82, 2.24) is 14.1 Å². The molecule has 0 N–H and O–H groups in total. The Bertz CT molecular complexity index is 1070. The Morgan fingerprint density at radius 3 is 2.71 bits per heavy atom. The second-order valence-corrected chi connectivity index (χ2v) is 7.88. The number of likely N-dealkylation sites (N-methyl/N-ethyl adjacent to an activating group) is 1. The Morgan fingerprint density at radius 1 is 1.19 bits per heavy atom. The highest BCUT2D eigenvalue weighted by Crippen LogP contribution is 2.14. The number of hydrogen-bond acceptors (Lipinski definition) is 5. The maximum atomic E-state index is 12.7. The van der Waals surface area contributed by atoms with Crippen LogP contribution in [0.2, 0.25) is 0 Å². The van der Waals surface area contributed by atoms with E-state index in [0.29, 0.717) is 38.7 Å². The first-order chi connectivity index (χ1) is 15.1. The molecule has 0 aliphatic carbocycles. The van der Waals surface area contributed by atoms with E-state index in [0.717, 1.165) is 30.1 Å². The molecule has 7 nitrogen and oxygen atoms in total. The molecule has 1 aromatic heterocycles. The molecule has 0 bridgehead atoms. The van der Waals surface area contributed by atoms with Crippen molar-refractivity contribution in [3.8, 4) is 5.75 Å². The first kappa shape index (κ1) is 21.2. The van der Waals surface area contributed by atoms with Gasteiger partial charge in [-0.05, 0) is 24.1 Å². The number of ether oxygens (including phenoxy) is 3. The van der Waals surface area contributed by atoms with Gasteiger partial charge in [0.25, 0.3) is 5.56 Å². The summed E-state index contributed by atoms with van der Waals surface area (Å²) in [6.45, 7) is 5.47. The predicted octanol–water partition coefficient (Wildman–Crippen LogP) is 1.18. The van der Waals surface area contributed by atoms with Crippen molar-refractivity contribution in [3.05, 3.63) is 69.6 Å². The minimum Gasteiger partial charge on any atom is -0.479 e. The molecule has 2 aromatic rings. The highest BCUT2D eigenvalue weighted by atomic mass is 16.6. The first-order valence-electron chi connectivity index (χ1n) is 10.5. The average molecular weight is 423 g/mol. The number of nitrogens with zero attached hydrogens (tertiary/aromatic N) is 3. The summed E-state index contributed by atoms with van der Waals surface area (Å²) < 4.78 is 22.9. The number of hydrogen-bond donors (Lipinski definition) is 0. The maximum Gasteiger partial charge on any atom is 0.394 e. The van der Waals surface area contributed by atoms with Gasteiger partial charge < -0.3 is 18.8 Å². The van der Waals surface area contributed by atoms with Crippen molar-refractivity contribution in [1.29, 1.82) is 0 Å². The van der Waals surface area contributed by atoms with Gasteiger partial charge in [-0.15, -0.1) is 0 Å². The van der Waals surface area contributed by atoms with Gasteiger partial charge >= 0.3 is 5.84 Å². The number of rotatable bonds is 7. The predicted molar refractivity (Wildman–Crippen MR) is 120 cm³/mol. The highest BCUT2D eigenvalue weighted by molar-refractivity contribution is 5.86. The van der Waals surface area contributed by atoms with Crippen LogP contribution in [0.5, 0.6) is 5.75 Å². The molecule has 1 atom stereocenters. The van der Waals surface area contributed by atoms with E-state index in [4.69, 9.17) is 14.2 Å². The van der Waals surface area contributed by atoms with Crippen LogP contribution in [-0.4, -0.2) is 67.3 Å². The third-order valence-corrected chi connectivity index (χ3v) is 5.48. The molecule has 31 heavy (non-hydrogen) atoms. The molecule has 0 spiro atoms. The lowest BCUT2D eigenvalue weighted by Gasteiger charge is -2.23. The van der Waals surface area contributed by atoms with Crippen LogP contribution in [0.4, 0.5) is 0 Å². The summed E-state index contributed by atoms with van der Waals surface area (Å²) in [5.74, 6) is 4.19. The van der Waals surface area contributed by atoms with Crippen molar-refractivity contribution < 1.29 is 14.2 Å². The van der Waals surface area contributed by atoms with E-state index >= 15 is 0 Å². The van der Waals surface area contributed by atoms with E-state index in [1.807, 2.05) is 31.0 Å². The molecule has 0 amide bonds. The Hall–Kier alpha value is -3.08. The van der Waals surface area contributed by atoms with Gasteiger partial charge in [-0.1, -0.05) is 24.3 Å². The summed E-state index contributed by atoms with van der Waals surface area (Å²) in [6.07, 6.45) is 2.81. The van der Waals surface area contributed by atoms with Crippen LogP contribution in [0.15, 0.2) is 47.3 Å². The topological polar surface area (TPSA) is 67.0 Å². The molecule has 162 valence electrons. The Labute approximate surface area is 181 Å². The van der Waals surface area contributed by atoms with Crippen LogP contribution in [0, 0.1) is 6.92 Å². The van der Waals surface area contributed by atoms with Crippen molar-refractivity contribution in [2.24, 2.45) is 0 Å². The monoisotopic (exact) mass is 422 g/mol. The lowest BCUT2D eigenvalue weighted by molar-refractivity contribution is -0.0872. The van der Waals surface area contributed by atoms with E-state index < -0.39 is 0 Å². The van der Waals surface area contributed by atoms with Crippen LogP contribution in [-0.2, 0) is 22.4 Å². The van der Waals surface area contributed by atoms with E-state index in [1.54, 1.807) is 4.57 Å². The smallest absolute Gasteiger partial charge is 0.394 e. The summed E-state index contributed by atoms with van der Waals surface area (Å²) in [5.41, 5.74) is 3.04. The van der Waals surface area contributed by atoms with Crippen LogP contribution in [0.25, 0.3) is 0 Å². The third kappa shape index (κ3) is 5.54. The number of benzene rings is 1. The zero-order valence-electron chi connectivity index (χ0n) is 18.0. The SMILES string of the molecule is Cc1cc(OCC2=[N+]=C=CCN2C)cc(=O)n1Cc1ccc(CC2COCCO2)cc1. The molecule has 1 fully saturated rings. The van der Waals surface area contributed by atoms with Gasteiger partial charge in [0.1, 0.15) is 12.3 Å². The Kier molecular flexibility index (Phi) is 6.70.